The van der Waals surface area contributed by atoms with Gasteiger partial charge < -0.3 is 10.5 Å². The molecule has 0 saturated carbocycles. The molecule has 0 fully saturated rings. The molecule has 3 rings (SSSR count). The number of amides is 3. The third-order valence-electron chi connectivity index (χ3n) is 4.76. The Hall–Kier alpha value is -3.61. The lowest BCUT2D eigenvalue weighted by molar-refractivity contribution is -0.136. The zero-order valence-corrected chi connectivity index (χ0v) is 14.9. The number of primary amides is 1. The lowest BCUT2D eigenvalue weighted by atomic mass is 9.90. The molecule has 2 aromatic carbocycles. The third kappa shape index (κ3) is 3.46. The Morgan fingerprint density at radius 1 is 0.929 bits per heavy atom. The van der Waals surface area contributed by atoms with Crippen molar-refractivity contribution in [1.29, 1.82) is 0 Å². The number of rotatable bonds is 8. The number of nitrogens with zero attached hydrogens (tertiary/aromatic N) is 1. The van der Waals surface area contributed by atoms with E-state index in [1.54, 1.807) is 42.5 Å². The summed E-state index contributed by atoms with van der Waals surface area (Å²) >= 11 is 0. The number of Topliss-reactive ketones (excluding diaryl/α,β-unsaturated/α-hetero) is 1. The zero-order chi connectivity index (χ0) is 20.3. The van der Waals surface area contributed by atoms with Crippen LogP contribution in [0.4, 0.5) is 0 Å². The smallest absolute Gasteiger partial charge is 0.262 e. The summed E-state index contributed by atoms with van der Waals surface area (Å²) in [6.07, 6.45) is 0.0473. The first-order valence-electron chi connectivity index (χ1n) is 8.73. The van der Waals surface area contributed by atoms with E-state index in [-0.39, 0.29) is 17.5 Å². The van der Waals surface area contributed by atoms with Gasteiger partial charge in [0.05, 0.1) is 11.1 Å². The molecule has 142 valence electrons. The van der Waals surface area contributed by atoms with Gasteiger partial charge in [-0.3, -0.25) is 24.1 Å². The summed E-state index contributed by atoms with van der Waals surface area (Å²) in [5, 5.41) is 0. The number of benzene rings is 2. The standard InChI is InChI=1S/C21H18N2O5/c22-19(26)16(10-11-24)18(25)17(12-13-6-2-1-3-7-13)23-20(27)14-8-4-5-9-15(14)21(23)28/h1-9,11,16-17H,10,12H2,(H2,22,26). The Kier molecular flexibility index (Phi) is 5.44. The van der Waals surface area contributed by atoms with Crippen molar-refractivity contribution in [2.24, 2.45) is 11.7 Å². The van der Waals surface area contributed by atoms with Crippen molar-refractivity contribution in [2.45, 2.75) is 18.9 Å². The van der Waals surface area contributed by atoms with Gasteiger partial charge in [-0.1, -0.05) is 42.5 Å². The SMILES string of the molecule is NC(=O)C(CC=O)C(=O)C(Cc1ccccc1)N1C(=O)c2ccccc2C1=O. The Morgan fingerprint density at radius 3 is 1.96 bits per heavy atom. The van der Waals surface area contributed by atoms with Crippen LogP contribution in [0.25, 0.3) is 0 Å². The Labute approximate surface area is 161 Å². The van der Waals surface area contributed by atoms with Crippen LogP contribution in [0.15, 0.2) is 54.6 Å². The molecule has 0 radical (unpaired) electrons. The van der Waals surface area contributed by atoms with E-state index in [4.69, 9.17) is 5.73 Å². The Balaban J connectivity index is 2.03. The first-order valence-corrected chi connectivity index (χ1v) is 8.73. The summed E-state index contributed by atoms with van der Waals surface area (Å²) in [6, 6.07) is 13.8. The van der Waals surface area contributed by atoms with Gasteiger partial charge in [0, 0.05) is 12.8 Å². The van der Waals surface area contributed by atoms with Crippen LogP contribution in [-0.4, -0.2) is 40.7 Å². The highest BCUT2D eigenvalue weighted by molar-refractivity contribution is 6.23. The van der Waals surface area contributed by atoms with E-state index in [2.05, 4.69) is 0 Å². The van der Waals surface area contributed by atoms with Crippen molar-refractivity contribution in [1.82, 2.24) is 4.90 Å². The largest absolute Gasteiger partial charge is 0.369 e. The van der Waals surface area contributed by atoms with Crippen molar-refractivity contribution >= 4 is 29.8 Å². The van der Waals surface area contributed by atoms with Crippen LogP contribution in [0, 0.1) is 5.92 Å². The maximum atomic E-state index is 13.1. The topological polar surface area (TPSA) is 115 Å². The molecular formula is C21H18N2O5. The third-order valence-corrected chi connectivity index (χ3v) is 4.76. The predicted molar refractivity (Wildman–Crippen MR) is 99.2 cm³/mol. The number of aldehydes is 1. The fourth-order valence-corrected chi connectivity index (χ4v) is 3.35. The number of carbonyl (C=O) groups is 5. The Morgan fingerprint density at radius 2 is 1.46 bits per heavy atom. The average molecular weight is 378 g/mol. The van der Waals surface area contributed by atoms with Crippen LogP contribution < -0.4 is 5.73 Å². The van der Waals surface area contributed by atoms with Crippen LogP contribution in [0.5, 0.6) is 0 Å². The van der Waals surface area contributed by atoms with Gasteiger partial charge in [-0.25, -0.2) is 0 Å². The predicted octanol–water partition coefficient (Wildman–Crippen LogP) is 1.15. The first-order chi connectivity index (χ1) is 13.5. The highest BCUT2D eigenvalue weighted by Crippen LogP contribution is 2.27. The van der Waals surface area contributed by atoms with Crippen molar-refractivity contribution in [3.05, 3.63) is 71.3 Å². The molecule has 28 heavy (non-hydrogen) atoms. The number of ketones is 1. The van der Waals surface area contributed by atoms with Gasteiger partial charge in [-0.05, 0) is 17.7 Å². The van der Waals surface area contributed by atoms with Gasteiger partial charge >= 0.3 is 0 Å². The number of nitrogens with two attached hydrogens (primary N) is 1. The van der Waals surface area contributed by atoms with Crippen LogP contribution in [0.2, 0.25) is 0 Å². The highest BCUT2D eigenvalue weighted by Gasteiger charge is 2.44. The quantitative estimate of drug-likeness (QED) is 0.420. The Bertz CT molecular complexity index is 919. The lowest BCUT2D eigenvalue weighted by Gasteiger charge is -2.27. The van der Waals surface area contributed by atoms with Crippen LogP contribution >= 0.6 is 0 Å². The van der Waals surface area contributed by atoms with Crippen LogP contribution in [0.3, 0.4) is 0 Å². The average Bonchev–Trinajstić information content (AvgIpc) is 2.95. The van der Waals surface area contributed by atoms with E-state index in [0.29, 0.717) is 11.8 Å². The van der Waals surface area contributed by atoms with Gasteiger partial charge in [0.15, 0.2) is 5.78 Å². The van der Waals surface area contributed by atoms with Gasteiger partial charge in [0.2, 0.25) is 5.91 Å². The molecule has 1 heterocycles. The van der Waals surface area contributed by atoms with Gasteiger partial charge in [0.25, 0.3) is 11.8 Å². The fourth-order valence-electron chi connectivity index (χ4n) is 3.35. The molecule has 2 unspecified atom stereocenters. The van der Waals surface area contributed by atoms with Gasteiger partial charge in [0.1, 0.15) is 18.2 Å². The monoisotopic (exact) mass is 378 g/mol. The second-order valence-electron chi connectivity index (χ2n) is 6.49. The summed E-state index contributed by atoms with van der Waals surface area (Å²) < 4.78 is 0. The van der Waals surface area contributed by atoms with E-state index in [1.807, 2.05) is 0 Å². The molecule has 7 nitrogen and oxygen atoms in total. The zero-order valence-electron chi connectivity index (χ0n) is 14.9. The number of carbonyl (C=O) groups excluding carboxylic acids is 5. The van der Waals surface area contributed by atoms with E-state index in [9.17, 15) is 24.0 Å². The van der Waals surface area contributed by atoms with E-state index < -0.39 is 41.9 Å². The normalized spacial score (nSPS) is 15.1. The van der Waals surface area contributed by atoms with Crippen LogP contribution in [0.1, 0.15) is 32.7 Å². The summed E-state index contributed by atoms with van der Waals surface area (Å²) in [6.45, 7) is 0. The number of hydrogen-bond donors (Lipinski definition) is 1. The second kappa shape index (κ2) is 7.96. The molecule has 0 aliphatic carbocycles. The minimum Gasteiger partial charge on any atom is -0.369 e. The molecule has 1 aliphatic rings. The van der Waals surface area contributed by atoms with E-state index >= 15 is 0 Å². The van der Waals surface area contributed by atoms with Crippen molar-refractivity contribution in [3.8, 4) is 0 Å². The minimum absolute atomic E-state index is 0.0216. The lowest BCUT2D eigenvalue weighted by Crippen LogP contribution is -2.50. The molecule has 2 aromatic rings. The molecule has 0 bridgehead atoms. The maximum absolute atomic E-state index is 13.1. The molecule has 3 amide bonds. The number of fused-ring (bicyclic) bond motifs is 1. The molecule has 1 aliphatic heterocycles. The second-order valence-corrected chi connectivity index (χ2v) is 6.49. The van der Waals surface area contributed by atoms with E-state index in [0.717, 1.165) is 4.90 Å². The molecule has 2 N–H and O–H groups in total. The summed E-state index contributed by atoms with van der Waals surface area (Å²) in [4.78, 5) is 62.4. The van der Waals surface area contributed by atoms with Gasteiger partial charge in [-0.15, -0.1) is 0 Å². The number of imide groups is 1. The molecule has 0 spiro atoms. The van der Waals surface area contributed by atoms with Crippen molar-refractivity contribution in [3.63, 3.8) is 0 Å². The summed E-state index contributed by atoms with van der Waals surface area (Å²) in [5.74, 6) is -4.31. The van der Waals surface area contributed by atoms with Crippen molar-refractivity contribution in [2.75, 3.05) is 0 Å². The summed E-state index contributed by atoms with van der Waals surface area (Å²) in [7, 11) is 0. The first kappa shape index (κ1) is 19.2. The molecule has 0 aromatic heterocycles. The fraction of sp³-hybridized carbons (Fsp3) is 0.190. The van der Waals surface area contributed by atoms with Crippen molar-refractivity contribution < 1.29 is 24.0 Å². The van der Waals surface area contributed by atoms with Gasteiger partial charge in [-0.2, -0.15) is 0 Å². The highest BCUT2D eigenvalue weighted by atomic mass is 16.2. The van der Waals surface area contributed by atoms with E-state index in [1.165, 1.54) is 12.1 Å². The van der Waals surface area contributed by atoms with Crippen LogP contribution in [-0.2, 0) is 20.8 Å². The summed E-state index contributed by atoms with van der Waals surface area (Å²) in [5.41, 5.74) is 6.40. The number of hydrogen-bond acceptors (Lipinski definition) is 5. The molecule has 2 atom stereocenters. The minimum atomic E-state index is -1.41. The maximum Gasteiger partial charge on any atom is 0.262 e. The molecule has 0 saturated heterocycles. The molecule has 7 heteroatoms. The molecular weight excluding hydrogens is 360 g/mol.